The smallest absolute Gasteiger partial charge is 0.158 e. The monoisotopic (exact) mass is 592 g/mol. The Bertz CT molecular complexity index is 1810. The summed E-state index contributed by atoms with van der Waals surface area (Å²) in [5, 5.41) is 8.76. The van der Waals surface area contributed by atoms with Crippen molar-refractivity contribution in [3.63, 3.8) is 0 Å². The van der Waals surface area contributed by atoms with Crippen LogP contribution >= 0.6 is 0 Å². The summed E-state index contributed by atoms with van der Waals surface area (Å²) < 4.78 is 0. The van der Waals surface area contributed by atoms with E-state index in [1.54, 1.807) is 10.4 Å². The standard InChI is InChI=1S/C42H46Si.2Li/c1-27-25-31-13-11-15-35(29-17-21-33(22-18-29)41(3,4)5)37(31)39(27)43(9,10)40-28(2)26-32-14-12-16-36(38(32)40)30-19-23-34(24-20-30)42(6,7)8;;/h11-26H,1-10H3;;/q-2;2*+1. The van der Waals surface area contributed by atoms with E-state index in [1.165, 1.54) is 66.1 Å². The third kappa shape index (κ3) is 6.29. The molecule has 3 heteroatoms. The average Bonchev–Trinajstić information content (AvgIpc) is 3.48. The molecular formula is C42H46Li2Si. The van der Waals surface area contributed by atoms with Gasteiger partial charge in [-0.1, -0.05) is 140 Å². The molecule has 0 radical (unpaired) electrons. The minimum atomic E-state index is -2.18. The number of hydrogen-bond donors (Lipinski definition) is 0. The average molecular weight is 593 g/mol. The molecular weight excluding hydrogens is 546 g/mol. The summed E-state index contributed by atoms with van der Waals surface area (Å²) in [6, 6.07) is 37.2. The molecule has 0 bridgehead atoms. The minimum Gasteiger partial charge on any atom is -0.158 e. The predicted molar refractivity (Wildman–Crippen MR) is 194 cm³/mol. The third-order valence-electron chi connectivity index (χ3n) is 9.60. The van der Waals surface area contributed by atoms with Crippen molar-refractivity contribution in [3.05, 3.63) is 119 Å². The molecule has 0 aliphatic heterocycles. The summed E-state index contributed by atoms with van der Waals surface area (Å²) in [7, 11) is -2.18. The van der Waals surface area contributed by atoms with Gasteiger partial charge in [-0.05, 0) is 33.1 Å². The van der Waals surface area contributed by atoms with Crippen molar-refractivity contribution < 1.29 is 37.7 Å². The van der Waals surface area contributed by atoms with Crippen molar-refractivity contribution in [3.8, 4) is 22.3 Å². The molecule has 0 aliphatic carbocycles. The van der Waals surface area contributed by atoms with Gasteiger partial charge in [0.2, 0.25) is 0 Å². The maximum atomic E-state index is 2.58. The topological polar surface area (TPSA) is 0 Å². The summed E-state index contributed by atoms with van der Waals surface area (Å²) in [6.45, 7) is 23.6. The van der Waals surface area contributed by atoms with Crippen LogP contribution in [-0.2, 0) is 10.8 Å². The Morgan fingerprint density at radius 3 is 1.13 bits per heavy atom. The quantitative estimate of drug-likeness (QED) is 0.204. The zero-order chi connectivity index (χ0) is 30.9. The number of fused-ring (bicyclic) bond motifs is 2. The van der Waals surface area contributed by atoms with E-state index in [0.717, 1.165) is 0 Å². The van der Waals surface area contributed by atoms with E-state index in [0.29, 0.717) is 0 Å². The first-order chi connectivity index (χ1) is 20.2. The van der Waals surface area contributed by atoms with Gasteiger partial charge in [-0.3, -0.25) is 0 Å². The van der Waals surface area contributed by atoms with Crippen molar-refractivity contribution in [2.75, 3.05) is 0 Å². The molecule has 0 saturated carbocycles. The molecule has 0 aromatic heterocycles. The Kier molecular flexibility index (Phi) is 9.91. The van der Waals surface area contributed by atoms with Crippen molar-refractivity contribution in [1.29, 1.82) is 0 Å². The molecule has 0 atom stereocenters. The Balaban J connectivity index is 0.00000230. The SMILES string of the molecule is Cc1[cH-]c2cccc(-c3ccc(C(C)(C)C)cc3)c2c1[Si](C)(C)c1c(C)[cH-]c2cccc(-c3ccc(C(C)(C)C)cc3)c12.[Li+].[Li+]. The maximum Gasteiger partial charge on any atom is 1.00 e. The summed E-state index contributed by atoms with van der Waals surface area (Å²) >= 11 is 0. The molecule has 0 nitrogen and oxygen atoms in total. The van der Waals surface area contributed by atoms with E-state index in [4.69, 9.17) is 0 Å². The van der Waals surface area contributed by atoms with Crippen LogP contribution in [0.25, 0.3) is 43.8 Å². The molecule has 6 aromatic rings. The molecule has 6 aromatic carbocycles. The van der Waals surface area contributed by atoms with Gasteiger partial charge < -0.3 is 0 Å². The van der Waals surface area contributed by atoms with Crippen molar-refractivity contribution in [1.82, 2.24) is 0 Å². The molecule has 220 valence electrons. The van der Waals surface area contributed by atoms with Gasteiger partial charge in [0.15, 0.2) is 0 Å². The second-order valence-corrected chi connectivity index (χ2v) is 19.5. The molecule has 0 N–H and O–H groups in total. The molecule has 0 spiro atoms. The molecule has 0 aliphatic rings. The van der Waals surface area contributed by atoms with Gasteiger partial charge in [0.25, 0.3) is 0 Å². The predicted octanol–water partition coefficient (Wildman–Crippen LogP) is 4.81. The van der Waals surface area contributed by atoms with E-state index in [1.807, 2.05) is 0 Å². The van der Waals surface area contributed by atoms with Crippen LogP contribution in [0.1, 0.15) is 63.8 Å². The van der Waals surface area contributed by atoms with E-state index in [2.05, 4.69) is 166 Å². The summed E-state index contributed by atoms with van der Waals surface area (Å²) in [6.07, 6.45) is 0. The van der Waals surface area contributed by atoms with Gasteiger partial charge in [-0.25, -0.2) is 0 Å². The van der Waals surface area contributed by atoms with Crippen LogP contribution in [0.2, 0.25) is 13.1 Å². The van der Waals surface area contributed by atoms with Gasteiger partial charge in [0.1, 0.15) is 0 Å². The van der Waals surface area contributed by atoms with Crippen molar-refractivity contribution >= 4 is 40.0 Å². The fourth-order valence-electron chi connectivity index (χ4n) is 7.46. The normalized spacial score (nSPS) is 12.3. The molecule has 0 fully saturated rings. The van der Waals surface area contributed by atoms with Gasteiger partial charge in [0.05, 0.1) is 0 Å². The summed E-state index contributed by atoms with van der Waals surface area (Å²) in [4.78, 5) is 0. The second kappa shape index (κ2) is 12.6. The van der Waals surface area contributed by atoms with Crippen LogP contribution in [-0.4, -0.2) is 8.07 Å². The Morgan fingerprint density at radius 2 is 0.822 bits per heavy atom. The summed E-state index contributed by atoms with van der Waals surface area (Å²) in [5.41, 5.74) is 11.2. The number of hydrogen-bond acceptors (Lipinski definition) is 0. The zero-order valence-electron chi connectivity index (χ0n) is 29.7. The molecule has 6 rings (SSSR count). The van der Waals surface area contributed by atoms with Crippen LogP contribution in [0.15, 0.2) is 97.1 Å². The molecule has 45 heavy (non-hydrogen) atoms. The van der Waals surface area contributed by atoms with Crippen LogP contribution in [0, 0.1) is 13.8 Å². The zero-order valence-corrected chi connectivity index (χ0v) is 30.7. The van der Waals surface area contributed by atoms with E-state index in [-0.39, 0.29) is 48.6 Å². The summed E-state index contributed by atoms with van der Waals surface area (Å²) in [5.74, 6) is 0. The first kappa shape index (κ1) is 35.4. The van der Waals surface area contributed by atoms with Crippen LogP contribution < -0.4 is 48.1 Å². The Morgan fingerprint density at radius 1 is 0.489 bits per heavy atom. The van der Waals surface area contributed by atoms with Crippen LogP contribution in [0.3, 0.4) is 0 Å². The Labute approximate surface area is 296 Å². The van der Waals surface area contributed by atoms with Crippen LogP contribution in [0.4, 0.5) is 0 Å². The Hall–Kier alpha value is -2.49. The van der Waals surface area contributed by atoms with Gasteiger partial charge in [-0.2, -0.15) is 10.4 Å². The van der Waals surface area contributed by atoms with E-state index >= 15 is 0 Å². The fraction of sp³-hybridized carbons (Fsp3) is 0.286. The first-order valence-corrected chi connectivity index (χ1v) is 18.8. The second-order valence-electron chi connectivity index (χ2n) is 15.2. The van der Waals surface area contributed by atoms with Gasteiger partial charge in [0, 0.05) is 8.07 Å². The number of aryl methyl sites for hydroxylation is 2. The van der Waals surface area contributed by atoms with Crippen molar-refractivity contribution in [2.45, 2.75) is 79.3 Å². The molecule has 0 unspecified atom stereocenters. The molecule has 0 amide bonds. The number of benzene rings is 4. The number of rotatable bonds is 4. The molecule has 0 heterocycles. The van der Waals surface area contributed by atoms with E-state index < -0.39 is 8.07 Å². The van der Waals surface area contributed by atoms with Crippen molar-refractivity contribution in [2.24, 2.45) is 0 Å². The third-order valence-corrected chi connectivity index (χ3v) is 13.4. The maximum absolute atomic E-state index is 2.58. The van der Waals surface area contributed by atoms with E-state index in [9.17, 15) is 0 Å². The van der Waals surface area contributed by atoms with Crippen LogP contribution in [0.5, 0.6) is 0 Å². The first-order valence-electron chi connectivity index (χ1n) is 15.8. The largest absolute Gasteiger partial charge is 1.00 e. The van der Waals surface area contributed by atoms with Gasteiger partial charge >= 0.3 is 37.7 Å². The molecule has 0 saturated heterocycles. The van der Waals surface area contributed by atoms with Gasteiger partial charge in [-0.15, -0.1) is 69.1 Å². The minimum absolute atomic E-state index is 0. The fourth-order valence-corrected chi connectivity index (χ4v) is 11.6.